The molecule has 1 atom stereocenters. The lowest BCUT2D eigenvalue weighted by Crippen LogP contribution is -2.30. The topological polar surface area (TPSA) is 78.9 Å². The molecule has 0 aliphatic rings. The Morgan fingerprint density at radius 3 is 0.903 bits per heavy atom. The number of esters is 3. The second-order valence-corrected chi connectivity index (χ2v) is 19.1. The van der Waals surface area contributed by atoms with Crippen molar-refractivity contribution in [3.8, 4) is 0 Å². The summed E-state index contributed by atoms with van der Waals surface area (Å²) in [6.07, 6.45) is 82.3. The molecule has 72 heavy (non-hydrogen) atoms. The summed E-state index contributed by atoms with van der Waals surface area (Å²) in [6.45, 7) is 6.32. The summed E-state index contributed by atoms with van der Waals surface area (Å²) < 4.78 is 16.7. The van der Waals surface area contributed by atoms with Gasteiger partial charge < -0.3 is 14.2 Å². The summed E-state index contributed by atoms with van der Waals surface area (Å²) in [5.41, 5.74) is 0. The van der Waals surface area contributed by atoms with Crippen LogP contribution < -0.4 is 0 Å². The number of ether oxygens (including phenoxy) is 3. The zero-order valence-corrected chi connectivity index (χ0v) is 46.7. The average molecular weight is 998 g/mol. The molecule has 0 aliphatic carbocycles. The van der Waals surface area contributed by atoms with Crippen LogP contribution in [0.4, 0.5) is 0 Å². The first-order chi connectivity index (χ1) is 35.5. The standard InChI is InChI=1S/C66H108O6/c1-4-7-10-13-16-19-21-23-25-27-29-30-31-32-33-34-35-36-38-39-41-43-45-47-50-53-56-59-65(68)71-62-63(61-70-64(67)58-55-52-49-18-15-12-9-6-3)72-66(69)60-57-54-51-48-46-44-42-40-37-28-26-24-22-20-17-14-11-8-5-2/h7-8,10-11,16-17,19-20,23-26,29-30,37,40,44,46,51,54,63H,4-6,9,12-15,18,21-22,27-28,31-36,38-39,41-43,45,47-50,52-53,55-62H2,1-3H3/b10-7-,11-8-,19-16-,20-17-,25-23-,26-24-,30-29-,40-37-,46-44-,54-51-. The Morgan fingerprint density at radius 2 is 0.569 bits per heavy atom. The fourth-order valence-corrected chi connectivity index (χ4v) is 7.87. The molecule has 0 aromatic carbocycles. The van der Waals surface area contributed by atoms with E-state index >= 15 is 0 Å². The van der Waals surface area contributed by atoms with E-state index in [2.05, 4.69) is 130 Å². The van der Waals surface area contributed by atoms with E-state index < -0.39 is 12.1 Å². The van der Waals surface area contributed by atoms with Crippen molar-refractivity contribution < 1.29 is 28.6 Å². The SMILES string of the molecule is CC/C=C\C/C=C\C/C=C\C/C=C\C/C=C\C/C=C\CCC(=O)OC(COC(=O)CCCCCCCCCC)COC(=O)CCCCCCCCCCCCCCCC/C=C\C/C=C\C/C=C\C/C=C\CC. The lowest BCUT2D eigenvalue weighted by molar-refractivity contribution is -0.166. The van der Waals surface area contributed by atoms with Crippen molar-refractivity contribution in [2.75, 3.05) is 13.2 Å². The van der Waals surface area contributed by atoms with E-state index in [-0.39, 0.29) is 31.6 Å². The third-order valence-corrected chi connectivity index (χ3v) is 12.2. The van der Waals surface area contributed by atoms with Gasteiger partial charge in [-0.25, -0.2) is 0 Å². The Labute approximate surface area is 443 Å². The first kappa shape index (κ1) is 67.8. The van der Waals surface area contributed by atoms with Crippen LogP contribution in [0.2, 0.25) is 0 Å². The molecule has 0 spiro atoms. The van der Waals surface area contributed by atoms with Gasteiger partial charge in [-0.1, -0.05) is 264 Å². The quantitative estimate of drug-likeness (QED) is 0.0261. The number of hydrogen-bond acceptors (Lipinski definition) is 6. The van der Waals surface area contributed by atoms with Crippen LogP contribution in [0, 0.1) is 0 Å². The van der Waals surface area contributed by atoms with Crippen molar-refractivity contribution in [3.63, 3.8) is 0 Å². The molecule has 6 nitrogen and oxygen atoms in total. The maximum absolute atomic E-state index is 12.8. The van der Waals surface area contributed by atoms with Gasteiger partial charge in [0.25, 0.3) is 0 Å². The second kappa shape index (κ2) is 59.4. The molecule has 0 saturated carbocycles. The molecule has 0 radical (unpaired) electrons. The van der Waals surface area contributed by atoms with E-state index in [9.17, 15) is 14.4 Å². The fourth-order valence-electron chi connectivity index (χ4n) is 7.87. The van der Waals surface area contributed by atoms with Gasteiger partial charge in [0.15, 0.2) is 6.10 Å². The third kappa shape index (κ3) is 56.7. The molecule has 0 saturated heterocycles. The molecule has 0 fully saturated rings. The highest BCUT2D eigenvalue weighted by Gasteiger charge is 2.19. The minimum Gasteiger partial charge on any atom is -0.462 e. The Morgan fingerprint density at radius 1 is 0.292 bits per heavy atom. The van der Waals surface area contributed by atoms with Gasteiger partial charge in [0.1, 0.15) is 13.2 Å². The van der Waals surface area contributed by atoms with Crippen LogP contribution >= 0.6 is 0 Å². The number of carbonyl (C=O) groups is 3. The lowest BCUT2D eigenvalue weighted by atomic mass is 10.0. The molecule has 0 rings (SSSR count). The zero-order valence-electron chi connectivity index (χ0n) is 46.7. The molecular weight excluding hydrogens is 889 g/mol. The van der Waals surface area contributed by atoms with E-state index in [1.165, 1.54) is 109 Å². The zero-order chi connectivity index (χ0) is 52.2. The number of unbranched alkanes of at least 4 members (excludes halogenated alkanes) is 21. The van der Waals surface area contributed by atoms with Gasteiger partial charge in [0.2, 0.25) is 0 Å². The normalized spacial score (nSPS) is 13.0. The maximum Gasteiger partial charge on any atom is 0.306 e. The van der Waals surface area contributed by atoms with Crippen LogP contribution in [0.15, 0.2) is 122 Å². The van der Waals surface area contributed by atoms with Crippen LogP contribution in [0.5, 0.6) is 0 Å². The molecule has 6 heteroatoms. The van der Waals surface area contributed by atoms with E-state index in [0.29, 0.717) is 19.3 Å². The molecular formula is C66H108O6. The van der Waals surface area contributed by atoms with Crippen LogP contribution in [-0.2, 0) is 28.6 Å². The number of hydrogen-bond donors (Lipinski definition) is 0. The summed E-state index contributed by atoms with van der Waals surface area (Å²) >= 11 is 0. The molecule has 408 valence electrons. The molecule has 0 amide bonds. The maximum atomic E-state index is 12.8. The third-order valence-electron chi connectivity index (χ3n) is 12.2. The monoisotopic (exact) mass is 997 g/mol. The van der Waals surface area contributed by atoms with Crippen molar-refractivity contribution in [2.24, 2.45) is 0 Å². The van der Waals surface area contributed by atoms with Gasteiger partial charge in [-0.3, -0.25) is 14.4 Å². The first-order valence-corrected chi connectivity index (χ1v) is 29.5. The predicted octanol–water partition coefficient (Wildman–Crippen LogP) is 20.0. The minimum absolute atomic E-state index is 0.109. The van der Waals surface area contributed by atoms with Crippen molar-refractivity contribution in [3.05, 3.63) is 122 Å². The summed E-state index contributed by atoms with van der Waals surface area (Å²) in [5.74, 6) is -0.999. The Hall–Kier alpha value is -4.19. The van der Waals surface area contributed by atoms with E-state index in [1.54, 1.807) is 0 Å². The largest absolute Gasteiger partial charge is 0.462 e. The molecule has 0 aromatic heterocycles. The molecule has 0 N–H and O–H groups in total. The fraction of sp³-hybridized carbons (Fsp3) is 0.652. The molecule has 0 aliphatic heterocycles. The molecule has 1 unspecified atom stereocenters. The van der Waals surface area contributed by atoms with Gasteiger partial charge in [-0.15, -0.1) is 0 Å². The average Bonchev–Trinajstić information content (AvgIpc) is 3.38. The van der Waals surface area contributed by atoms with Crippen LogP contribution in [-0.4, -0.2) is 37.2 Å². The second-order valence-electron chi connectivity index (χ2n) is 19.1. The van der Waals surface area contributed by atoms with Crippen molar-refractivity contribution in [1.29, 1.82) is 0 Å². The van der Waals surface area contributed by atoms with Crippen LogP contribution in [0.25, 0.3) is 0 Å². The first-order valence-electron chi connectivity index (χ1n) is 29.5. The van der Waals surface area contributed by atoms with Gasteiger partial charge in [0.05, 0.1) is 0 Å². The van der Waals surface area contributed by atoms with Crippen molar-refractivity contribution in [2.45, 2.75) is 264 Å². The highest BCUT2D eigenvalue weighted by molar-refractivity contribution is 5.71. The van der Waals surface area contributed by atoms with Crippen molar-refractivity contribution in [1.82, 2.24) is 0 Å². The smallest absolute Gasteiger partial charge is 0.306 e. The van der Waals surface area contributed by atoms with Gasteiger partial charge in [-0.2, -0.15) is 0 Å². The lowest BCUT2D eigenvalue weighted by Gasteiger charge is -2.18. The highest BCUT2D eigenvalue weighted by atomic mass is 16.6. The number of allylic oxidation sites excluding steroid dienone is 20. The highest BCUT2D eigenvalue weighted by Crippen LogP contribution is 2.15. The van der Waals surface area contributed by atoms with Gasteiger partial charge in [-0.05, 0) is 96.3 Å². The van der Waals surface area contributed by atoms with Crippen LogP contribution in [0.3, 0.4) is 0 Å². The van der Waals surface area contributed by atoms with Gasteiger partial charge >= 0.3 is 17.9 Å². The Kier molecular flexibility index (Phi) is 55.9. The molecule has 0 bridgehead atoms. The van der Waals surface area contributed by atoms with Gasteiger partial charge in [0, 0.05) is 19.3 Å². The summed E-state index contributed by atoms with van der Waals surface area (Å²) in [5, 5.41) is 0. The minimum atomic E-state index is -0.818. The summed E-state index contributed by atoms with van der Waals surface area (Å²) in [4.78, 5) is 38.0. The summed E-state index contributed by atoms with van der Waals surface area (Å²) in [7, 11) is 0. The molecule has 0 aromatic rings. The summed E-state index contributed by atoms with van der Waals surface area (Å²) in [6, 6.07) is 0. The predicted molar refractivity (Wildman–Crippen MR) is 311 cm³/mol. The van der Waals surface area contributed by atoms with Crippen LogP contribution in [0.1, 0.15) is 258 Å². The van der Waals surface area contributed by atoms with E-state index in [4.69, 9.17) is 14.2 Å². The number of rotatable bonds is 52. The molecule has 0 heterocycles. The Balaban J connectivity index is 4.27. The van der Waals surface area contributed by atoms with Crippen molar-refractivity contribution >= 4 is 17.9 Å². The Bertz CT molecular complexity index is 1520. The number of carbonyl (C=O) groups excluding carboxylic acids is 3. The van der Waals surface area contributed by atoms with E-state index in [0.717, 1.165) is 103 Å². The van der Waals surface area contributed by atoms with E-state index in [1.807, 2.05) is 12.2 Å².